The lowest BCUT2D eigenvalue weighted by molar-refractivity contribution is -0.193. The number of benzene rings is 2. The minimum atomic E-state index is -1.34. The van der Waals surface area contributed by atoms with E-state index in [0.717, 1.165) is 5.56 Å². The predicted octanol–water partition coefficient (Wildman–Crippen LogP) is 2.99. The van der Waals surface area contributed by atoms with Crippen molar-refractivity contribution >= 4 is 11.9 Å². The Kier molecular flexibility index (Phi) is 2.64. The third-order valence-electron chi connectivity index (χ3n) is 4.46. The van der Waals surface area contributed by atoms with Crippen molar-refractivity contribution in [2.24, 2.45) is 5.92 Å². The fourth-order valence-electron chi connectivity index (χ4n) is 3.46. The van der Waals surface area contributed by atoms with Crippen molar-refractivity contribution in [1.29, 1.82) is 0 Å². The summed E-state index contributed by atoms with van der Waals surface area (Å²) in [6, 6.07) is 16.7. The molecule has 0 bridgehead atoms. The Labute approximate surface area is 127 Å². The van der Waals surface area contributed by atoms with Crippen LogP contribution in [0.1, 0.15) is 34.3 Å². The lowest BCUT2D eigenvalue weighted by atomic mass is 9.80. The van der Waals surface area contributed by atoms with Crippen LogP contribution in [0, 0.1) is 5.92 Å². The Balaban J connectivity index is 1.94. The van der Waals surface area contributed by atoms with Gasteiger partial charge in [-0.05, 0) is 11.6 Å². The van der Waals surface area contributed by atoms with Gasteiger partial charge in [-0.15, -0.1) is 0 Å². The molecule has 110 valence electrons. The number of carbonyl (C=O) groups is 2. The van der Waals surface area contributed by atoms with Gasteiger partial charge in [-0.25, -0.2) is 4.79 Å². The summed E-state index contributed by atoms with van der Waals surface area (Å²) in [6.07, 6.45) is 0. The van der Waals surface area contributed by atoms with Crippen molar-refractivity contribution in [3.8, 4) is 0 Å². The van der Waals surface area contributed by atoms with Crippen LogP contribution in [0.5, 0.6) is 0 Å². The van der Waals surface area contributed by atoms with Crippen LogP contribution in [0.15, 0.2) is 54.6 Å². The van der Waals surface area contributed by atoms with Gasteiger partial charge in [0.2, 0.25) is 0 Å². The Hall–Kier alpha value is -2.62. The second kappa shape index (κ2) is 4.44. The Morgan fingerprint density at radius 2 is 1.59 bits per heavy atom. The van der Waals surface area contributed by atoms with Crippen LogP contribution >= 0.6 is 0 Å². The van der Waals surface area contributed by atoms with Gasteiger partial charge >= 0.3 is 11.9 Å². The molecule has 4 heteroatoms. The van der Waals surface area contributed by atoms with Gasteiger partial charge in [0, 0.05) is 0 Å². The molecule has 2 aromatic carbocycles. The van der Waals surface area contributed by atoms with Crippen LogP contribution in [0.25, 0.3) is 0 Å². The molecule has 1 spiro atoms. The lowest BCUT2D eigenvalue weighted by Crippen LogP contribution is -2.32. The number of ether oxygens (including phenoxy) is 2. The van der Waals surface area contributed by atoms with E-state index in [4.69, 9.17) is 9.47 Å². The molecule has 0 amide bonds. The molecule has 2 aliphatic rings. The highest BCUT2D eigenvalue weighted by Gasteiger charge is 2.62. The molecule has 0 unspecified atom stereocenters. The third-order valence-corrected chi connectivity index (χ3v) is 4.46. The van der Waals surface area contributed by atoms with Gasteiger partial charge in [0.1, 0.15) is 0 Å². The monoisotopic (exact) mass is 294 g/mol. The van der Waals surface area contributed by atoms with Gasteiger partial charge < -0.3 is 9.47 Å². The first-order valence-corrected chi connectivity index (χ1v) is 7.24. The van der Waals surface area contributed by atoms with E-state index in [1.807, 2.05) is 43.3 Å². The zero-order chi connectivity index (χ0) is 15.3. The number of carbonyl (C=O) groups excluding carboxylic acids is 2. The zero-order valence-corrected chi connectivity index (χ0v) is 12.0. The van der Waals surface area contributed by atoms with E-state index in [-0.39, 0.29) is 17.8 Å². The van der Waals surface area contributed by atoms with Crippen LogP contribution in [-0.2, 0) is 20.1 Å². The molecule has 1 saturated heterocycles. The molecule has 2 aromatic rings. The molecule has 0 N–H and O–H groups in total. The first kappa shape index (κ1) is 13.1. The lowest BCUT2D eigenvalue weighted by Gasteiger charge is -2.29. The summed E-state index contributed by atoms with van der Waals surface area (Å²) in [4.78, 5) is 24.4. The van der Waals surface area contributed by atoms with E-state index < -0.39 is 11.8 Å². The molecule has 4 nitrogen and oxygen atoms in total. The van der Waals surface area contributed by atoms with Crippen LogP contribution in [0.4, 0.5) is 0 Å². The van der Waals surface area contributed by atoms with Crippen LogP contribution in [-0.4, -0.2) is 11.9 Å². The number of fused-ring (bicyclic) bond motifs is 2. The SMILES string of the molecule is C[C@@H]1C(=O)O[C@@]2(OC(=O)c3ccccc32)[C@H]1c1ccccc1. The van der Waals surface area contributed by atoms with Crippen LogP contribution in [0.3, 0.4) is 0 Å². The summed E-state index contributed by atoms with van der Waals surface area (Å²) in [5.41, 5.74) is 2.02. The molecular weight excluding hydrogens is 280 g/mol. The minimum absolute atomic E-state index is 0.349. The molecule has 0 saturated carbocycles. The Bertz CT molecular complexity index is 764. The fraction of sp³-hybridized carbons (Fsp3) is 0.222. The van der Waals surface area contributed by atoms with E-state index in [9.17, 15) is 9.59 Å². The highest BCUT2D eigenvalue weighted by atomic mass is 16.7. The Morgan fingerprint density at radius 3 is 2.36 bits per heavy atom. The standard InChI is InChI=1S/C18H14O4/c1-11-15(12-7-3-2-4-8-12)18(21-16(11)19)14-10-6-5-9-13(14)17(20)22-18/h2-11,15H,1H3/t11-,15+,18-/m0/s1. The zero-order valence-electron chi connectivity index (χ0n) is 12.0. The topological polar surface area (TPSA) is 52.6 Å². The maximum Gasteiger partial charge on any atom is 0.342 e. The van der Waals surface area contributed by atoms with Crippen molar-refractivity contribution in [2.75, 3.05) is 0 Å². The summed E-state index contributed by atoms with van der Waals surface area (Å²) >= 11 is 0. The van der Waals surface area contributed by atoms with E-state index in [1.54, 1.807) is 18.2 Å². The largest absolute Gasteiger partial charge is 0.417 e. The summed E-state index contributed by atoms with van der Waals surface area (Å²) in [7, 11) is 0. The smallest absolute Gasteiger partial charge is 0.342 e. The summed E-state index contributed by atoms with van der Waals surface area (Å²) < 4.78 is 11.2. The van der Waals surface area contributed by atoms with Gasteiger partial charge in [-0.3, -0.25) is 4.79 Å². The van der Waals surface area contributed by atoms with Gasteiger partial charge in [0.25, 0.3) is 5.79 Å². The van der Waals surface area contributed by atoms with Gasteiger partial charge in [0.05, 0.1) is 23.0 Å². The first-order chi connectivity index (χ1) is 10.6. The molecule has 22 heavy (non-hydrogen) atoms. The highest BCUT2D eigenvalue weighted by molar-refractivity contribution is 5.95. The molecule has 1 fully saturated rings. The van der Waals surface area contributed by atoms with E-state index >= 15 is 0 Å². The van der Waals surface area contributed by atoms with Gasteiger partial charge in [-0.1, -0.05) is 55.5 Å². The van der Waals surface area contributed by atoms with Crippen molar-refractivity contribution < 1.29 is 19.1 Å². The van der Waals surface area contributed by atoms with Crippen molar-refractivity contribution in [2.45, 2.75) is 18.6 Å². The number of hydrogen-bond acceptors (Lipinski definition) is 4. The molecular formula is C18H14O4. The van der Waals surface area contributed by atoms with Crippen molar-refractivity contribution in [3.05, 3.63) is 71.3 Å². The van der Waals surface area contributed by atoms with E-state index in [0.29, 0.717) is 11.1 Å². The fourth-order valence-corrected chi connectivity index (χ4v) is 3.46. The Morgan fingerprint density at radius 1 is 0.909 bits per heavy atom. The van der Waals surface area contributed by atoms with Crippen LogP contribution < -0.4 is 0 Å². The average molecular weight is 294 g/mol. The highest BCUT2D eigenvalue weighted by Crippen LogP contribution is 2.55. The summed E-state index contributed by atoms with van der Waals surface area (Å²) in [6.45, 7) is 1.81. The number of rotatable bonds is 1. The molecule has 0 radical (unpaired) electrons. The molecule has 0 aliphatic carbocycles. The first-order valence-electron chi connectivity index (χ1n) is 7.24. The quantitative estimate of drug-likeness (QED) is 0.759. The predicted molar refractivity (Wildman–Crippen MR) is 78.0 cm³/mol. The van der Waals surface area contributed by atoms with E-state index in [1.165, 1.54) is 0 Å². The molecule has 3 atom stereocenters. The maximum absolute atomic E-state index is 12.2. The summed E-state index contributed by atoms with van der Waals surface area (Å²) in [5.74, 6) is -2.88. The minimum Gasteiger partial charge on any atom is -0.417 e. The molecule has 2 heterocycles. The maximum atomic E-state index is 12.2. The average Bonchev–Trinajstić information content (AvgIpc) is 2.95. The summed E-state index contributed by atoms with van der Waals surface area (Å²) in [5, 5.41) is 0. The second-order valence-corrected chi connectivity index (χ2v) is 5.70. The van der Waals surface area contributed by atoms with Crippen molar-refractivity contribution in [1.82, 2.24) is 0 Å². The molecule has 4 rings (SSSR count). The number of hydrogen-bond donors (Lipinski definition) is 0. The van der Waals surface area contributed by atoms with Crippen LogP contribution in [0.2, 0.25) is 0 Å². The normalized spacial score (nSPS) is 29.3. The van der Waals surface area contributed by atoms with Crippen molar-refractivity contribution in [3.63, 3.8) is 0 Å². The second-order valence-electron chi connectivity index (χ2n) is 5.70. The number of esters is 2. The van der Waals surface area contributed by atoms with Gasteiger partial charge in [-0.2, -0.15) is 0 Å². The van der Waals surface area contributed by atoms with Gasteiger partial charge in [0.15, 0.2) is 0 Å². The third kappa shape index (κ3) is 1.58. The van der Waals surface area contributed by atoms with E-state index in [2.05, 4.69) is 0 Å². The molecule has 0 aromatic heterocycles. The molecule has 2 aliphatic heterocycles.